The molecule has 12 heavy (non-hydrogen) atoms. The summed E-state index contributed by atoms with van der Waals surface area (Å²) in [7, 11) is -3.76. The predicted molar refractivity (Wildman–Crippen MR) is 40.7 cm³/mol. The van der Waals surface area contributed by atoms with Gasteiger partial charge in [-0.25, -0.2) is 8.99 Å². The minimum Gasteiger partial charge on any atom is -0.380 e. The average molecular weight is 199 g/mol. The highest BCUT2D eigenvalue weighted by Crippen LogP contribution is 2.20. The maximum Gasteiger partial charge on any atom is 0.319 e. The molecule has 0 aromatic heterocycles. The first kappa shape index (κ1) is 9.85. The number of hydrogen-bond donors (Lipinski definition) is 1. The van der Waals surface area contributed by atoms with E-state index in [1.54, 1.807) is 0 Å². The van der Waals surface area contributed by atoms with Crippen LogP contribution in [0.1, 0.15) is 12.8 Å². The molecule has 1 N–H and O–H groups in total. The van der Waals surface area contributed by atoms with Gasteiger partial charge < -0.3 is 4.74 Å². The second-order valence-electron chi connectivity index (χ2n) is 2.75. The van der Waals surface area contributed by atoms with Crippen LogP contribution in [0.2, 0.25) is 0 Å². The lowest BCUT2D eigenvalue weighted by molar-refractivity contribution is 0.0977. The van der Waals surface area contributed by atoms with E-state index < -0.39 is 20.7 Å². The van der Waals surface area contributed by atoms with Gasteiger partial charge in [-0.1, -0.05) is 0 Å². The third kappa shape index (κ3) is 1.92. The Bertz CT molecular complexity index is 234. The summed E-state index contributed by atoms with van der Waals surface area (Å²) in [6.45, 7) is 0.557. The van der Waals surface area contributed by atoms with Crippen molar-refractivity contribution in [1.29, 1.82) is 4.78 Å². The van der Waals surface area contributed by atoms with Gasteiger partial charge in [-0.2, -0.15) is 8.78 Å². The molecule has 72 valence electrons. The molecule has 1 rings (SSSR count). The fourth-order valence-electron chi connectivity index (χ4n) is 1.13. The Morgan fingerprint density at radius 1 is 1.58 bits per heavy atom. The van der Waals surface area contributed by atoms with Crippen LogP contribution in [0.4, 0.5) is 8.78 Å². The second kappa shape index (κ2) is 3.66. The largest absolute Gasteiger partial charge is 0.380 e. The summed E-state index contributed by atoms with van der Waals surface area (Å²) in [5.41, 5.74) is 0. The van der Waals surface area contributed by atoms with E-state index in [1.807, 2.05) is 0 Å². The molecule has 1 aliphatic rings. The fourth-order valence-corrected chi connectivity index (χ4v) is 2.24. The first-order chi connectivity index (χ1) is 5.55. The van der Waals surface area contributed by atoms with Crippen LogP contribution in [0.5, 0.6) is 0 Å². The fraction of sp³-hybridized carbons (Fsp3) is 1.00. The molecule has 0 aromatic carbocycles. The molecule has 0 spiro atoms. The van der Waals surface area contributed by atoms with Crippen LogP contribution in [0.15, 0.2) is 0 Å². The molecule has 1 saturated heterocycles. The highest BCUT2D eigenvalue weighted by molar-refractivity contribution is 7.93. The van der Waals surface area contributed by atoms with Gasteiger partial charge in [-0.3, -0.25) is 0 Å². The van der Waals surface area contributed by atoms with Crippen LogP contribution >= 0.6 is 0 Å². The molecule has 0 aliphatic carbocycles. The Kier molecular flexibility index (Phi) is 3.00. The van der Waals surface area contributed by atoms with Gasteiger partial charge in [-0.15, -0.1) is 0 Å². The minimum absolute atomic E-state index is 0.0344. The molecule has 0 radical (unpaired) electrons. The number of nitrogens with one attached hydrogen (secondary N) is 1. The van der Waals surface area contributed by atoms with E-state index in [1.165, 1.54) is 0 Å². The van der Waals surface area contributed by atoms with E-state index in [4.69, 9.17) is 9.52 Å². The Labute approximate surface area is 70.1 Å². The zero-order valence-corrected chi connectivity index (χ0v) is 7.28. The smallest absolute Gasteiger partial charge is 0.319 e. The summed E-state index contributed by atoms with van der Waals surface area (Å²) >= 11 is 0. The van der Waals surface area contributed by atoms with Crippen LogP contribution in [-0.2, 0) is 14.5 Å². The van der Waals surface area contributed by atoms with Crippen molar-refractivity contribution in [2.45, 2.75) is 23.8 Å². The van der Waals surface area contributed by atoms with Crippen molar-refractivity contribution in [2.24, 2.45) is 0 Å². The zero-order chi connectivity index (χ0) is 9.19. The lowest BCUT2D eigenvalue weighted by atomic mass is 10.2. The number of rotatable bonds is 2. The van der Waals surface area contributed by atoms with Crippen LogP contribution in [0.3, 0.4) is 0 Å². The summed E-state index contributed by atoms with van der Waals surface area (Å²) in [6, 6.07) is 0. The number of ether oxygens (including phenoxy) is 1. The second-order valence-corrected chi connectivity index (χ2v) is 5.07. The highest BCUT2D eigenvalue weighted by Gasteiger charge is 2.31. The standard InChI is InChI=1S/C6H11F2NO2S/c7-6(8)12(9,10)5-2-1-3-11-4-5/h5-6,9H,1-4H2. The van der Waals surface area contributed by atoms with Crippen molar-refractivity contribution in [3.63, 3.8) is 0 Å². The van der Waals surface area contributed by atoms with Crippen molar-refractivity contribution in [3.8, 4) is 0 Å². The van der Waals surface area contributed by atoms with Crippen LogP contribution < -0.4 is 0 Å². The summed E-state index contributed by atoms with van der Waals surface area (Å²) < 4.78 is 47.1. The molecule has 0 saturated carbocycles. The van der Waals surface area contributed by atoms with Crippen molar-refractivity contribution in [3.05, 3.63) is 0 Å². The molecule has 0 amide bonds. The van der Waals surface area contributed by atoms with Gasteiger partial charge in [0.25, 0.3) is 0 Å². The van der Waals surface area contributed by atoms with Gasteiger partial charge in [0, 0.05) is 6.61 Å². The molecule has 1 fully saturated rings. The SMILES string of the molecule is N=S(=O)(C(F)F)C1CCCOC1. The van der Waals surface area contributed by atoms with Crippen LogP contribution in [-0.4, -0.2) is 28.4 Å². The lowest BCUT2D eigenvalue weighted by Crippen LogP contribution is -2.33. The Hall–Kier alpha value is -0.230. The number of halogens is 2. The molecule has 0 bridgehead atoms. The van der Waals surface area contributed by atoms with Gasteiger partial charge in [0.05, 0.1) is 11.9 Å². The van der Waals surface area contributed by atoms with Crippen LogP contribution in [0, 0.1) is 4.78 Å². The van der Waals surface area contributed by atoms with E-state index in [-0.39, 0.29) is 6.61 Å². The van der Waals surface area contributed by atoms with Crippen molar-refractivity contribution in [2.75, 3.05) is 13.2 Å². The van der Waals surface area contributed by atoms with Gasteiger partial charge in [0.1, 0.15) is 9.73 Å². The number of alkyl halides is 2. The topological polar surface area (TPSA) is 50.2 Å². The quantitative estimate of drug-likeness (QED) is 0.731. The van der Waals surface area contributed by atoms with Gasteiger partial charge in [0.15, 0.2) is 0 Å². The van der Waals surface area contributed by atoms with E-state index in [9.17, 15) is 13.0 Å². The molecular formula is C6H11F2NO2S. The molecule has 0 aromatic rings. The minimum atomic E-state index is -3.76. The molecule has 1 aliphatic heterocycles. The third-order valence-electron chi connectivity index (χ3n) is 1.88. The Morgan fingerprint density at radius 3 is 2.67 bits per heavy atom. The molecule has 6 heteroatoms. The van der Waals surface area contributed by atoms with Gasteiger partial charge >= 0.3 is 5.76 Å². The molecule has 3 nitrogen and oxygen atoms in total. The summed E-state index contributed by atoms with van der Waals surface area (Å²) in [5.74, 6) is -3.05. The maximum atomic E-state index is 12.1. The third-order valence-corrected chi connectivity index (χ3v) is 3.77. The Balaban J connectivity index is 2.67. The van der Waals surface area contributed by atoms with Crippen molar-refractivity contribution < 1.29 is 17.7 Å². The van der Waals surface area contributed by atoms with Gasteiger partial charge in [0.2, 0.25) is 0 Å². The summed E-state index contributed by atoms with van der Waals surface area (Å²) in [4.78, 5) is 0. The van der Waals surface area contributed by atoms with E-state index in [2.05, 4.69) is 0 Å². The zero-order valence-electron chi connectivity index (χ0n) is 6.46. The van der Waals surface area contributed by atoms with Gasteiger partial charge in [-0.05, 0) is 12.8 Å². The predicted octanol–water partition coefficient (Wildman–Crippen LogP) is 1.43. The first-order valence-electron chi connectivity index (χ1n) is 3.67. The first-order valence-corrected chi connectivity index (χ1v) is 5.36. The molecular weight excluding hydrogens is 188 g/mol. The molecule has 2 atom stereocenters. The number of hydrogen-bond acceptors (Lipinski definition) is 3. The van der Waals surface area contributed by atoms with Crippen molar-refractivity contribution in [1.82, 2.24) is 0 Å². The highest BCUT2D eigenvalue weighted by atomic mass is 32.2. The summed E-state index contributed by atoms with van der Waals surface area (Å²) in [6.07, 6.45) is 1.03. The Morgan fingerprint density at radius 2 is 2.25 bits per heavy atom. The van der Waals surface area contributed by atoms with E-state index in [0.29, 0.717) is 19.4 Å². The molecule has 1 heterocycles. The summed E-state index contributed by atoms with van der Waals surface area (Å²) in [5, 5.41) is -0.786. The lowest BCUT2D eigenvalue weighted by Gasteiger charge is -2.23. The maximum absolute atomic E-state index is 12.1. The van der Waals surface area contributed by atoms with E-state index >= 15 is 0 Å². The van der Waals surface area contributed by atoms with E-state index in [0.717, 1.165) is 0 Å². The molecule has 2 unspecified atom stereocenters. The monoisotopic (exact) mass is 199 g/mol. The van der Waals surface area contributed by atoms with Crippen molar-refractivity contribution >= 4 is 9.73 Å². The van der Waals surface area contributed by atoms with Crippen LogP contribution in [0.25, 0.3) is 0 Å². The normalized spacial score (nSPS) is 30.1. The average Bonchev–Trinajstić information content (AvgIpc) is 2.06.